The summed E-state index contributed by atoms with van der Waals surface area (Å²) in [6, 6.07) is 61.5. The molecule has 11 rings (SSSR count). The lowest BCUT2D eigenvalue weighted by Crippen LogP contribution is -2.08. The van der Waals surface area contributed by atoms with Crippen LogP contribution in [0.15, 0.2) is 218 Å². The Bertz CT molecular complexity index is 3860. The number of benzene rings is 10. The molecule has 0 aliphatic carbocycles. The van der Waals surface area contributed by atoms with E-state index in [1.165, 1.54) is 36.4 Å². The van der Waals surface area contributed by atoms with E-state index in [1.807, 2.05) is 73.0 Å². The molecule has 1 heterocycles. The van der Waals surface area contributed by atoms with Gasteiger partial charge >= 0.3 is 18.5 Å². The molecule has 11 aromatic rings. The summed E-state index contributed by atoms with van der Waals surface area (Å²) in [6.07, 6.45) is -14.0. The van der Waals surface area contributed by atoms with Gasteiger partial charge < -0.3 is 4.57 Å². The van der Waals surface area contributed by atoms with Gasteiger partial charge in [-0.05, 0) is 183 Å². The molecule has 0 saturated carbocycles. The Balaban J connectivity index is 1.18. The fourth-order valence-electron chi connectivity index (χ4n) is 10.2. The van der Waals surface area contributed by atoms with E-state index in [1.54, 1.807) is 48.5 Å². The second-order valence-electron chi connectivity index (χ2n) is 18.9. The van der Waals surface area contributed by atoms with Crippen LogP contribution in [0.4, 0.5) is 39.5 Å². The van der Waals surface area contributed by atoms with Crippen LogP contribution >= 0.6 is 0 Å². The van der Waals surface area contributed by atoms with Gasteiger partial charge in [-0.25, -0.2) is 0 Å². The van der Waals surface area contributed by atoms with Crippen molar-refractivity contribution in [3.63, 3.8) is 0 Å². The van der Waals surface area contributed by atoms with Crippen molar-refractivity contribution in [3.8, 4) is 83.6 Å². The summed E-state index contributed by atoms with van der Waals surface area (Å²) in [4.78, 5) is 0. The highest BCUT2D eigenvalue weighted by Gasteiger charge is 2.35. The molecule has 0 aliphatic heterocycles. The number of hydrogen-bond acceptors (Lipinski definition) is 0. The molecule has 10 heteroatoms. The zero-order valence-corrected chi connectivity index (χ0v) is 40.1. The van der Waals surface area contributed by atoms with Crippen molar-refractivity contribution < 1.29 is 39.5 Å². The van der Waals surface area contributed by atoms with Gasteiger partial charge in [0.1, 0.15) is 0 Å². The molecule has 1 nitrogen and oxygen atoms in total. The van der Waals surface area contributed by atoms with E-state index in [-0.39, 0.29) is 16.7 Å². The maximum absolute atomic E-state index is 14.7. The average Bonchev–Trinajstić information content (AvgIpc) is 3.74. The van der Waals surface area contributed by atoms with Crippen LogP contribution in [-0.4, -0.2) is 4.57 Å². The van der Waals surface area contributed by atoms with E-state index in [4.69, 9.17) is 0 Å². The Morgan fingerprint density at radius 2 is 0.640 bits per heavy atom. The van der Waals surface area contributed by atoms with Crippen molar-refractivity contribution in [1.29, 1.82) is 0 Å². The number of alkyl halides is 9. The lowest BCUT2D eigenvalue weighted by Gasteiger charge is -2.18. The minimum absolute atomic E-state index is 0.00555. The number of aromatic nitrogens is 1. The van der Waals surface area contributed by atoms with Crippen molar-refractivity contribution in [2.45, 2.75) is 32.4 Å². The average molecular weight is 1010 g/mol. The smallest absolute Gasteiger partial charge is 0.309 e. The fourth-order valence-corrected chi connectivity index (χ4v) is 10.2. The van der Waals surface area contributed by atoms with Crippen LogP contribution < -0.4 is 0 Å². The number of rotatable bonds is 8. The summed E-state index contributed by atoms with van der Waals surface area (Å²) in [5.74, 6) is 0. The van der Waals surface area contributed by atoms with Crippen LogP contribution in [0.25, 0.3) is 105 Å². The lowest BCUT2D eigenvalue weighted by atomic mass is 9.91. The summed E-state index contributed by atoms with van der Waals surface area (Å²) in [7, 11) is 0. The minimum atomic E-state index is -4.66. The Kier molecular flexibility index (Phi) is 12.1. The van der Waals surface area contributed by atoms with Crippen molar-refractivity contribution in [2.75, 3.05) is 0 Å². The molecule has 0 N–H and O–H groups in total. The van der Waals surface area contributed by atoms with E-state index >= 15 is 0 Å². The molecule has 10 aromatic carbocycles. The third-order valence-corrected chi connectivity index (χ3v) is 13.7. The Labute approximate surface area is 426 Å². The summed E-state index contributed by atoms with van der Waals surface area (Å²) in [5.41, 5.74) is 9.75. The van der Waals surface area contributed by atoms with E-state index in [0.717, 1.165) is 80.2 Å². The largest absolute Gasteiger partial charge is 0.417 e. The first-order valence-corrected chi connectivity index (χ1v) is 24.0. The van der Waals surface area contributed by atoms with E-state index in [0.29, 0.717) is 49.9 Å². The molecule has 0 aliphatic rings. The highest BCUT2D eigenvalue weighted by atomic mass is 19.4. The van der Waals surface area contributed by atoms with Crippen LogP contribution in [0.3, 0.4) is 0 Å². The zero-order chi connectivity index (χ0) is 52.4. The Hall–Kier alpha value is -8.63. The topological polar surface area (TPSA) is 4.93 Å². The molecule has 0 amide bonds. The maximum Gasteiger partial charge on any atom is 0.417 e. The van der Waals surface area contributed by atoms with Gasteiger partial charge in [0.15, 0.2) is 0 Å². The second-order valence-corrected chi connectivity index (χ2v) is 18.9. The highest BCUT2D eigenvalue weighted by molar-refractivity contribution is 6.12. The van der Waals surface area contributed by atoms with Crippen molar-refractivity contribution in [1.82, 2.24) is 4.57 Å². The minimum Gasteiger partial charge on any atom is -0.309 e. The second kappa shape index (κ2) is 18.7. The monoisotopic (exact) mass is 1010 g/mol. The fraction of sp³-hybridized carbons (Fsp3) is 0.0769. The van der Waals surface area contributed by atoms with Crippen molar-refractivity contribution in [3.05, 3.63) is 246 Å². The molecular formula is C65H42F9N. The highest BCUT2D eigenvalue weighted by Crippen LogP contribution is 2.45. The molecule has 75 heavy (non-hydrogen) atoms. The molecule has 370 valence electrons. The predicted octanol–water partition coefficient (Wildman–Crippen LogP) is 20.1. The molecular weight excluding hydrogens is 966 g/mol. The predicted molar refractivity (Wildman–Crippen MR) is 283 cm³/mol. The van der Waals surface area contributed by atoms with Crippen molar-refractivity contribution >= 4 is 21.8 Å². The van der Waals surface area contributed by atoms with Gasteiger partial charge in [0.05, 0.1) is 33.4 Å². The number of halogens is 9. The number of nitrogens with zero attached hydrogens (tertiary/aromatic N) is 1. The maximum atomic E-state index is 14.7. The van der Waals surface area contributed by atoms with Crippen LogP contribution in [-0.2, 0) is 18.5 Å². The third kappa shape index (κ3) is 9.60. The normalized spacial score (nSPS) is 12.2. The third-order valence-electron chi connectivity index (χ3n) is 13.7. The van der Waals surface area contributed by atoms with Gasteiger partial charge in [0.25, 0.3) is 0 Å². The summed E-state index contributed by atoms with van der Waals surface area (Å²) in [5, 5.41) is 1.44. The quantitative estimate of drug-likeness (QED) is 0.134. The number of hydrogen-bond donors (Lipinski definition) is 0. The van der Waals surface area contributed by atoms with E-state index in [9.17, 15) is 39.5 Å². The van der Waals surface area contributed by atoms with Crippen molar-refractivity contribution in [2.24, 2.45) is 0 Å². The SMILES string of the molecule is Cc1cccc(-c2cc(-c3cccc(C)c3)cc(-c3ccc4c(c3)c3cc(-c5cc(-c6cccc(C(F)(F)F)c6)cc(-c6cccc(C(F)(F)F)c6)c5)ccc3n4-c3ccccc3-c3ccccc3C(F)(F)F)c2)c1. The van der Waals surface area contributed by atoms with Crippen LogP contribution in [0.2, 0.25) is 0 Å². The van der Waals surface area contributed by atoms with Gasteiger partial charge in [-0.2, -0.15) is 39.5 Å². The van der Waals surface area contributed by atoms with Gasteiger partial charge in [0, 0.05) is 16.3 Å². The first-order chi connectivity index (χ1) is 35.9. The lowest BCUT2D eigenvalue weighted by molar-refractivity contribution is -0.138. The van der Waals surface area contributed by atoms with Gasteiger partial charge in [-0.1, -0.05) is 132 Å². The Morgan fingerprint density at radius 1 is 0.280 bits per heavy atom. The van der Waals surface area contributed by atoms with Gasteiger partial charge in [0.2, 0.25) is 0 Å². The zero-order valence-electron chi connectivity index (χ0n) is 40.1. The van der Waals surface area contributed by atoms with Crippen LogP contribution in [0, 0.1) is 13.8 Å². The summed E-state index contributed by atoms with van der Waals surface area (Å²) >= 11 is 0. The van der Waals surface area contributed by atoms with E-state index < -0.39 is 35.2 Å². The molecule has 0 spiro atoms. The standard InChI is InChI=1S/C65H42F9N/c1-39-11-7-13-41(27-39)47-29-48(42-14-8-12-40(2)28-42)31-51(30-47)45-23-25-61-57(37-45)58-38-46(24-26-62(58)75(61)60-22-6-4-20-56(60)55-19-3-5-21-59(55)65(72,73)74)52-33-49(43-15-9-17-53(35-43)63(66,67)68)32-50(34-52)44-16-10-18-54(36-44)64(69,70)71/h3-38H,1-2H3. The van der Waals surface area contributed by atoms with Gasteiger partial charge in [-0.15, -0.1) is 0 Å². The Morgan fingerprint density at radius 3 is 1.04 bits per heavy atom. The number of fused-ring (bicyclic) bond motifs is 3. The molecule has 0 unspecified atom stereocenters. The first kappa shape index (κ1) is 48.6. The van der Waals surface area contributed by atoms with Crippen LogP contribution in [0.1, 0.15) is 27.8 Å². The molecule has 0 fully saturated rings. The first-order valence-electron chi connectivity index (χ1n) is 24.0. The van der Waals surface area contributed by atoms with Gasteiger partial charge in [-0.3, -0.25) is 0 Å². The number of aryl methyl sites for hydroxylation is 2. The molecule has 0 saturated heterocycles. The summed E-state index contributed by atoms with van der Waals surface area (Å²) < 4.78 is 131. The number of para-hydroxylation sites is 1. The van der Waals surface area contributed by atoms with E-state index in [2.05, 4.69) is 48.5 Å². The molecule has 0 radical (unpaired) electrons. The molecule has 1 aromatic heterocycles. The van der Waals surface area contributed by atoms with Crippen LogP contribution in [0.5, 0.6) is 0 Å². The molecule has 0 atom stereocenters. The molecule has 0 bridgehead atoms. The summed E-state index contributed by atoms with van der Waals surface area (Å²) in [6.45, 7) is 4.08.